The van der Waals surface area contributed by atoms with Crippen LogP contribution in [-0.4, -0.2) is 18.4 Å². The van der Waals surface area contributed by atoms with Crippen LogP contribution in [0.4, 0.5) is 5.69 Å². The van der Waals surface area contributed by atoms with Crippen molar-refractivity contribution < 1.29 is 9.59 Å². The molecule has 0 aromatic heterocycles. The number of carbonyl (C=O) groups is 2. The standard InChI is InChI=1S/C19H23N3O2/c1-14-8-10-17(15(2)12-14)20-13-19(24)22-21-18(23)11-9-16-6-4-3-5-7-16/h3-8,10,12,20H,9,11,13H2,1-2H3,(H,21,23)(H,22,24). The number of hydrogen-bond donors (Lipinski definition) is 3. The van der Waals surface area contributed by atoms with Crippen LogP contribution < -0.4 is 16.2 Å². The van der Waals surface area contributed by atoms with Crippen molar-refractivity contribution in [2.75, 3.05) is 11.9 Å². The van der Waals surface area contributed by atoms with Gasteiger partial charge in [-0.15, -0.1) is 0 Å². The average Bonchev–Trinajstić information content (AvgIpc) is 2.58. The summed E-state index contributed by atoms with van der Waals surface area (Å²) in [4.78, 5) is 23.5. The molecule has 0 radical (unpaired) electrons. The fourth-order valence-corrected chi connectivity index (χ4v) is 2.34. The van der Waals surface area contributed by atoms with E-state index in [4.69, 9.17) is 0 Å². The topological polar surface area (TPSA) is 70.2 Å². The lowest BCUT2D eigenvalue weighted by Crippen LogP contribution is -2.44. The number of benzene rings is 2. The molecule has 2 amide bonds. The Kier molecular flexibility index (Phi) is 6.37. The zero-order chi connectivity index (χ0) is 17.4. The molecule has 0 aliphatic rings. The maximum atomic E-state index is 11.8. The molecule has 3 N–H and O–H groups in total. The first-order valence-corrected chi connectivity index (χ1v) is 7.97. The summed E-state index contributed by atoms with van der Waals surface area (Å²) in [5.74, 6) is -0.498. The van der Waals surface area contributed by atoms with Crippen molar-refractivity contribution in [2.24, 2.45) is 0 Å². The van der Waals surface area contributed by atoms with Gasteiger partial charge in [0.25, 0.3) is 5.91 Å². The van der Waals surface area contributed by atoms with Crippen molar-refractivity contribution in [1.29, 1.82) is 0 Å². The van der Waals surface area contributed by atoms with E-state index in [-0.39, 0.29) is 18.4 Å². The van der Waals surface area contributed by atoms with Crippen molar-refractivity contribution in [3.8, 4) is 0 Å². The molecular formula is C19H23N3O2. The molecule has 0 aliphatic heterocycles. The van der Waals surface area contributed by atoms with E-state index in [9.17, 15) is 9.59 Å². The Balaban J connectivity index is 1.68. The predicted octanol–water partition coefficient (Wildman–Crippen LogP) is 2.50. The SMILES string of the molecule is Cc1ccc(NCC(=O)NNC(=O)CCc2ccccc2)c(C)c1. The van der Waals surface area contributed by atoms with Gasteiger partial charge >= 0.3 is 0 Å². The van der Waals surface area contributed by atoms with Gasteiger partial charge in [-0.1, -0.05) is 48.0 Å². The lowest BCUT2D eigenvalue weighted by Gasteiger charge is -2.11. The highest BCUT2D eigenvalue weighted by molar-refractivity contribution is 5.84. The van der Waals surface area contributed by atoms with E-state index in [1.54, 1.807) is 0 Å². The lowest BCUT2D eigenvalue weighted by molar-refractivity contribution is -0.128. The second-order valence-electron chi connectivity index (χ2n) is 5.75. The molecule has 0 spiro atoms. The van der Waals surface area contributed by atoms with Crippen LogP contribution >= 0.6 is 0 Å². The number of anilines is 1. The predicted molar refractivity (Wildman–Crippen MR) is 95.5 cm³/mol. The van der Waals surface area contributed by atoms with E-state index in [0.717, 1.165) is 16.8 Å². The van der Waals surface area contributed by atoms with Gasteiger partial charge in [-0.2, -0.15) is 0 Å². The summed E-state index contributed by atoms with van der Waals surface area (Å²) in [6, 6.07) is 15.7. The molecule has 0 fully saturated rings. The summed E-state index contributed by atoms with van der Waals surface area (Å²) < 4.78 is 0. The summed E-state index contributed by atoms with van der Waals surface area (Å²) in [5, 5.41) is 3.06. The number of aryl methyl sites for hydroxylation is 3. The number of amides is 2. The molecule has 2 rings (SSSR count). The van der Waals surface area contributed by atoms with Gasteiger partial charge in [-0.25, -0.2) is 0 Å². The van der Waals surface area contributed by atoms with Crippen molar-refractivity contribution in [1.82, 2.24) is 10.9 Å². The van der Waals surface area contributed by atoms with E-state index < -0.39 is 0 Å². The minimum Gasteiger partial charge on any atom is -0.376 e. The molecule has 2 aromatic carbocycles. The van der Waals surface area contributed by atoms with Crippen molar-refractivity contribution in [2.45, 2.75) is 26.7 Å². The summed E-state index contributed by atoms with van der Waals surface area (Å²) in [7, 11) is 0. The molecule has 0 bridgehead atoms. The normalized spacial score (nSPS) is 10.1. The van der Waals surface area contributed by atoms with Gasteiger partial charge in [0, 0.05) is 12.1 Å². The minimum absolute atomic E-state index is 0.100. The first-order chi connectivity index (χ1) is 11.5. The molecule has 0 atom stereocenters. The largest absolute Gasteiger partial charge is 0.376 e. The molecule has 0 unspecified atom stereocenters. The Hall–Kier alpha value is -2.82. The number of hydrogen-bond acceptors (Lipinski definition) is 3. The number of hydrazine groups is 1. The Morgan fingerprint density at radius 1 is 0.917 bits per heavy atom. The van der Waals surface area contributed by atoms with Crippen LogP contribution in [0.15, 0.2) is 48.5 Å². The molecule has 24 heavy (non-hydrogen) atoms. The van der Waals surface area contributed by atoms with Gasteiger partial charge < -0.3 is 5.32 Å². The van der Waals surface area contributed by atoms with Gasteiger partial charge in [0.2, 0.25) is 5.91 Å². The van der Waals surface area contributed by atoms with Gasteiger partial charge in [0.15, 0.2) is 0 Å². The van der Waals surface area contributed by atoms with Gasteiger partial charge in [-0.3, -0.25) is 20.4 Å². The van der Waals surface area contributed by atoms with Crippen LogP contribution in [0.25, 0.3) is 0 Å². The molecular weight excluding hydrogens is 302 g/mol. The molecule has 5 nitrogen and oxygen atoms in total. The Morgan fingerprint density at radius 3 is 2.33 bits per heavy atom. The van der Waals surface area contributed by atoms with Gasteiger partial charge in [0.05, 0.1) is 6.54 Å². The minimum atomic E-state index is -0.289. The highest BCUT2D eigenvalue weighted by Gasteiger charge is 2.06. The van der Waals surface area contributed by atoms with Gasteiger partial charge in [0.1, 0.15) is 0 Å². The molecule has 0 heterocycles. The molecule has 0 saturated heterocycles. The lowest BCUT2D eigenvalue weighted by atomic mass is 10.1. The molecule has 5 heteroatoms. The molecule has 0 saturated carbocycles. The van der Waals surface area contributed by atoms with Crippen LogP contribution in [0.5, 0.6) is 0 Å². The van der Waals surface area contributed by atoms with E-state index in [1.165, 1.54) is 5.56 Å². The highest BCUT2D eigenvalue weighted by atomic mass is 16.2. The monoisotopic (exact) mass is 325 g/mol. The zero-order valence-electron chi connectivity index (χ0n) is 14.1. The summed E-state index contributed by atoms with van der Waals surface area (Å²) in [6.07, 6.45) is 0.970. The Morgan fingerprint density at radius 2 is 1.62 bits per heavy atom. The van der Waals surface area contributed by atoms with Gasteiger partial charge in [-0.05, 0) is 37.5 Å². The second kappa shape index (κ2) is 8.72. The van der Waals surface area contributed by atoms with E-state index in [0.29, 0.717) is 12.8 Å². The Labute approximate surface area is 142 Å². The van der Waals surface area contributed by atoms with Crippen molar-refractivity contribution >= 4 is 17.5 Å². The average molecular weight is 325 g/mol. The number of carbonyl (C=O) groups excluding carboxylic acids is 2. The molecule has 2 aromatic rings. The molecule has 0 aliphatic carbocycles. The first kappa shape index (κ1) is 17.5. The van der Waals surface area contributed by atoms with E-state index in [2.05, 4.69) is 16.2 Å². The smallest absolute Gasteiger partial charge is 0.257 e. The van der Waals surface area contributed by atoms with Crippen molar-refractivity contribution in [3.05, 3.63) is 65.2 Å². The third-order valence-electron chi connectivity index (χ3n) is 3.65. The third kappa shape index (κ3) is 5.76. The van der Waals surface area contributed by atoms with Crippen LogP contribution in [0.2, 0.25) is 0 Å². The highest BCUT2D eigenvalue weighted by Crippen LogP contribution is 2.15. The Bertz CT molecular complexity index is 699. The third-order valence-corrected chi connectivity index (χ3v) is 3.65. The van der Waals surface area contributed by atoms with Crippen LogP contribution in [0, 0.1) is 13.8 Å². The summed E-state index contributed by atoms with van der Waals surface area (Å²) in [5.41, 5.74) is 9.11. The van der Waals surface area contributed by atoms with E-state index >= 15 is 0 Å². The number of nitrogens with one attached hydrogen (secondary N) is 3. The summed E-state index contributed by atoms with van der Waals surface area (Å²) in [6.45, 7) is 4.11. The van der Waals surface area contributed by atoms with Crippen LogP contribution in [-0.2, 0) is 16.0 Å². The van der Waals surface area contributed by atoms with E-state index in [1.807, 2.05) is 62.4 Å². The van der Waals surface area contributed by atoms with Crippen LogP contribution in [0.3, 0.4) is 0 Å². The first-order valence-electron chi connectivity index (χ1n) is 7.97. The van der Waals surface area contributed by atoms with Crippen molar-refractivity contribution in [3.63, 3.8) is 0 Å². The fraction of sp³-hybridized carbons (Fsp3) is 0.263. The van der Waals surface area contributed by atoms with Crippen LogP contribution in [0.1, 0.15) is 23.1 Å². The maximum Gasteiger partial charge on any atom is 0.257 e. The second-order valence-corrected chi connectivity index (χ2v) is 5.75. The zero-order valence-corrected chi connectivity index (χ0v) is 14.1. The molecule has 126 valence electrons. The maximum absolute atomic E-state index is 11.8. The summed E-state index contributed by atoms with van der Waals surface area (Å²) >= 11 is 0. The quantitative estimate of drug-likeness (QED) is 0.715. The number of rotatable bonds is 6. The fourth-order valence-electron chi connectivity index (χ4n) is 2.34.